The van der Waals surface area contributed by atoms with Crippen LogP contribution in [0.3, 0.4) is 0 Å². The number of ether oxygens (including phenoxy) is 2. The molecule has 0 radical (unpaired) electrons. The third kappa shape index (κ3) is 2.80. The molecule has 19 heavy (non-hydrogen) atoms. The van der Waals surface area contributed by atoms with E-state index in [4.69, 9.17) is 9.47 Å². The van der Waals surface area contributed by atoms with E-state index in [1.165, 1.54) is 12.1 Å². The molecule has 3 rings (SSSR count). The molecule has 0 bridgehead atoms. The first-order chi connectivity index (χ1) is 9.33. The fourth-order valence-corrected chi connectivity index (χ4v) is 2.16. The van der Waals surface area contributed by atoms with Gasteiger partial charge in [-0.2, -0.15) is 4.57 Å². The van der Waals surface area contributed by atoms with Gasteiger partial charge in [-0.25, -0.2) is 4.39 Å². The zero-order valence-electron chi connectivity index (χ0n) is 10.5. The van der Waals surface area contributed by atoms with Crippen LogP contribution in [0, 0.1) is 5.82 Å². The van der Waals surface area contributed by atoms with Crippen LogP contribution in [-0.4, -0.2) is 13.2 Å². The third-order valence-electron chi connectivity index (χ3n) is 3.11. The highest BCUT2D eigenvalue weighted by atomic mass is 19.1. The van der Waals surface area contributed by atoms with Gasteiger partial charge in [0.2, 0.25) is 12.0 Å². The second-order valence-electron chi connectivity index (χ2n) is 4.45. The fraction of sp³-hybridized carbons (Fsp3) is 0.267. The summed E-state index contributed by atoms with van der Waals surface area (Å²) in [5, 5.41) is 0. The lowest BCUT2D eigenvalue weighted by atomic mass is 10.2. The van der Waals surface area contributed by atoms with E-state index in [9.17, 15) is 4.39 Å². The van der Waals surface area contributed by atoms with Crippen LogP contribution in [-0.2, 0) is 16.0 Å². The van der Waals surface area contributed by atoms with Crippen molar-refractivity contribution in [1.29, 1.82) is 0 Å². The van der Waals surface area contributed by atoms with Gasteiger partial charge in [-0.05, 0) is 30.3 Å². The molecule has 98 valence electrons. The summed E-state index contributed by atoms with van der Waals surface area (Å²) in [6.07, 6.45) is 1.67. The molecule has 0 N–H and O–H groups in total. The zero-order valence-corrected chi connectivity index (χ0v) is 10.5. The molecule has 0 amide bonds. The van der Waals surface area contributed by atoms with Crippen LogP contribution >= 0.6 is 0 Å². The summed E-state index contributed by atoms with van der Waals surface area (Å²) >= 11 is 0. The van der Waals surface area contributed by atoms with Crippen molar-refractivity contribution in [2.24, 2.45) is 0 Å². The first kappa shape index (κ1) is 12.3. The number of halogens is 1. The normalized spacial score (nSPS) is 15.8. The van der Waals surface area contributed by atoms with Crippen molar-refractivity contribution < 1.29 is 18.4 Å². The molecule has 1 aliphatic rings. The Kier molecular flexibility index (Phi) is 3.53. The molecule has 0 saturated carbocycles. The van der Waals surface area contributed by atoms with Crippen LogP contribution in [0.2, 0.25) is 0 Å². The van der Waals surface area contributed by atoms with Crippen molar-refractivity contribution in [3.63, 3.8) is 0 Å². The van der Waals surface area contributed by atoms with Crippen LogP contribution in [0.25, 0.3) is 0 Å². The van der Waals surface area contributed by atoms with E-state index < -0.39 is 0 Å². The first-order valence-corrected chi connectivity index (χ1v) is 6.29. The minimum atomic E-state index is -0.304. The Hall–Kier alpha value is -1.78. The molecule has 4 heteroatoms. The lowest BCUT2D eigenvalue weighted by Crippen LogP contribution is -2.40. The molecule has 1 aromatic heterocycles. The number of pyridine rings is 1. The topological polar surface area (TPSA) is 22.3 Å². The Bertz CT molecular complexity index is 550. The summed E-state index contributed by atoms with van der Waals surface area (Å²) in [4.78, 5) is 0. The van der Waals surface area contributed by atoms with Crippen molar-refractivity contribution in [2.45, 2.75) is 12.8 Å². The predicted molar refractivity (Wildman–Crippen MR) is 66.8 cm³/mol. The van der Waals surface area contributed by atoms with Crippen molar-refractivity contribution in [3.05, 3.63) is 65.7 Å². The third-order valence-corrected chi connectivity index (χ3v) is 3.11. The van der Waals surface area contributed by atoms with E-state index in [1.807, 2.05) is 24.4 Å². The van der Waals surface area contributed by atoms with E-state index in [-0.39, 0.29) is 12.1 Å². The Balaban J connectivity index is 1.85. The van der Waals surface area contributed by atoms with Gasteiger partial charge in [-0.15, -0.1) is 0 Å². The predicted octanol–water partition coefficient (Wildman–Crippen LogP) is 2.21. The summed E-state index contributed by atoms with van der Waals surface area (Å²) in [5.41, 5.74) is 2.01. The average molecular weight is 260 g/mol. The van der Waals surface area contributed by atoms with Gasteiger partial charge < -0.3 is 9.47 Å². The Morgan fingerprint density at radius 3 is 2.53 bits per heavy atom. The van der Waals surface area contributed by atoms with Gasteiger partial charge in [0.1, 0.15) is 5.82 Å². The second-order valence-corrected chi connectivity index (χ2v) is 4.45. The number of hydrogen-bond donors (Lipinski definition) is 0. The molecule has 0 aliphatic carbocycles. The molecular weight excluding hydrogens is 245 g/mol. The SMILES string of the molecule is Fc1ccc(C[n+]2ccccc2C2OCCO2)cc1. The number of nitrogens with zero attached hydrogens (tertiary/aromatic N) is 1. The molecule has 1 saturated heterocycles. The van der Waals surface area contributed by atoms with Gasteiger partial charge in [0.15, 0.2) is 12.7 Å². The van der Waals surface area contributed by atoms with E-state index in [2.05, 4.69) is 4.57 Å². The maximum absolute atomic E-state index is 12.9. The van der Waals surface area contributed by atoms with Crippen LogP contribution in [0.1, 0.15) is 17.5 Å². The average Bonchev–Trinajstić information content (AvgIpc) is 2.96. The van der Waals surface area contributed by atoms with Gasteiger partial charge >= 0.3 is 0 Å². The molecule has 3 nitrogen and oxygen atoms in total. The van der Waals surface area contributed by atoms with Gasteiger partial charge in [-0.3, -0.25) is 0 Å². The highest BCUT2D eigenvalue weighted by Gasteiger charge is 2.26. The Morgan fingerprint density at radius 2 is 1.79 bits per heavy atom. The van der Waals surface area contributed by atoms with Crippen molar-refractivity contribution in [1.82, 2.24) is 0 Å². The molecule has 2 heterocycles. The largest absolute Gasteiger partial charge is 0.341 e. The summed E-state index contributed by atoms with van der Waals surface area (Å²) in [7, 11) is 0. The molecule has 0 unspecified atom stereocenters. The fourth-order valence-electron chi connectivity index (χ4n) is 2.16. The van der Waals surface area contributed by atoms with E-state index in [0.29, 0.717) is 19.8 Å². The van der Waals surface area contributed by atoms with Gasteiger partial charge in [0.25, 0.3) is 0 Å². The lowest BCUT2D eigenvalue weighted by Gasteiger charge is -2.08. The number of rotatable bonds is 3. The quantitative estimate of drug-likeness (QED) is 0.789. The highest BCUT2D eigenvalue weighted by molar-refractivity contribution is 5.15. The standard InChI is InChI=1S/C15H15FNO2/c16-13-6-4-12(5-7-13)11-17-8-2-1-3-14(17)15-18-9-10-19-15/h1-8,15H,9-11H2/q+1. The van der Waals surface area contributed by atoms with Crippen molar-refractivity contribution in [3.8, 4) is 0 Å². The first-order valence-electron chi connectivity index (χ1n) is 6.29. The monoisotopic (exact) mass is 260 g/mol. The lowest BCUT2D eigenvalue weighted by molar-refractivity contribution is -0.701. The molecule has 1 fully saturated rings. The molecule has 1 aromatic carbocycles. The van der Waals surface area contributed by atoms with Crippen LogP contribution < -0.4 is 4.57 Å². The van der Waals surface area contributed by atoms with Crippen LogP contribution in [0.4, 0.5) is 4.39 Å². The maximum atomic E-state index is 12.9. The summed E-state index contributed by atoms with van der Waals surface area (Å²) < 4.78 is 26.0. The van der Waals surface area contributed by atoms with E-state index >= 15 is 0 Å². The molecule has 0 spiro atoms. The summed E-state index contributed by atoms with van der Waals surface area (Å²) in [6.45, 7) is 1.91. The molecule has 0 atom stereocenters. The van der Waals surface area contributed by atoms with E-state index in [0.717, 1.165) is 11.3 Å². The smallest absolute Gasteiger partial charge is 0.245 e. The van der Waals surface area contributed by atoms with Crippen LogP contribution in [0.15, 0.2) is 48.7 Å². The zero-order chi connectivity index (χ0) is 13.1. The molecular formula is C15H15FNO2+. The highest BCUT2D eigenvalue weighted by Crippen LogP contribution is 2.20. The summed E-state index contributed by atoms with van der Waals surface area (Å²) in [6, 6.07) is 12.4. The van der Waals surface area contributed by atoms with Gasteiger partial charge in [0, 0.05) is 17.7 Å². The van der Waals surface area contributed by atoms with Crippen LogP contribution in [0.5, 0.6) is 0 Å². The van der Waals surface area contributed by atoms with E-state index in [1.54, 1.807) is 12.1 Å². The molecule has 2 aromatic rings. The summed E-state index contributed by atoms with van der Waals surface area (Å²) in [5.74, 6) is -0.218. The number of hydrogen-bond acceptors (Lipinski definition) is 2. The molecule has 1 aliphatic heterocycles. The van der Waals surface area contributed by atoms with Crippen molar-refractivity contribution in [2.75, 3.05) is 13.2 Å². The minimum absolute atomic E-state index is 0.218. The minimum Gasteiger partial charge on any atom is -0.341 e. The van der Waals surface area contributed by atoms with Crippen molar-refractivity contribution >= 4 is 0 Å². The van der Waals surface area contributed by atoms with Gasteiger partial charge in [0.05, 0.1) is 13.2 Å². The number of benzene rings is 1. The Morgan fingerprint density at radius 1 is 1.05 bits per heavy atom. The second kappa shape index (κ2) is 5.47. The number of aromatic nitrogens is 1. The Labute approximate surface area is 111 Å². The maximum Gasteiger partial charge on any atom is 0.245 e. The van der Waals surface area contributed by atoms with Gasteiger partial charge in [-0.1, -0.05) is 0 Å².